The number of pyridine rings is 1. The number of nitrogens with zero attached hydrogens (tertiary/aromatic N) is 3. The first kappa shape index (κ1) is 27.7. The summed E-state index contributed by atoms with van der Waals surface area (Å²) in [4.78, 5) is 35.8. The van der Waals surface area contributed by atoms with Gasteiger partial charge < -0.3 is 29.5 Å². The van der Waals surface area contributed by atoms with Crippen molar-refractivity contribution in [2.75, 3.05) is 26.8 Å². The van der Waals surface area contributed by atoms with E-state index in [0.29, 0.717) is 30.7 Å². The van der Waals surface area contributed by atoms with E-state index in [2.05, 4.69) is 26.4 Å². The lowest BCUT2D eigenvalue weighted by Gasteiger charge is -2.35. The van der Waals surface area contributed by atoms with E-state index in [4.69, 9.17) is 33.8 Å². The Morgan fingerprint density at radius 1 is 1.34 bits per heavy atom. The fourth-order valence-electron chi connectivity index (χ4n) is 4.47. The zero-order chi connectivity index (χ0) is 25.6. The van der Waals surface area contributed by atoms with Gasteiger partial charge in [0, 0.05) is 36.8 Å². The van der Waals surface area contributed by atoms with E-state index in [1.54, 1.807) is 13.2 Å². The fraction of sp³-hybridized carbons (Fsp3) is 0.522. The number of aromatic nitrogens is 2. The van der Waals surface area contributed by atoms with Gasteiger partial charge in [-0.2, -0.15) is 0 Å². The van der Waals surface area contributed by atoms with Crippen molar-refractivity contribution >= 4 is 18.9 Å². The first-order chi connectivity index (χ1) is 16.9. The zero-order valence-corrected chi connectivity index (χ0v) is 19.8. The van der Waals surface area contributed by atoms with Crippen LogP contribution >= 0.6 is 0 Å². The topological polar surface area (TPSA) is 164 Å². The van der Waals surface area contributed by atoms with E-state index in [1.165, 1.54) is 11.8 Å². The minimum atomic E-state index is -0.250. The van der Waals surface area contributed by atoms with E-state index in [9.17, 15) is 4.79 Å². The molecule has 2 aromatic rings. The molecule has 3 N–H and O–H groups in total. The SMILES string of the molecule is COc1ncc(CN2CC[C@@H]3[C@@H](CO[C@H]3CC(=O)NCc3ccon3)C2)cc1C.O=CO.O=CO. The van der Waals surface area contributed by atoms with Crippen LogP contribution in [0.5, 0.6) is 5.88 Å². The standard InChI is InChI=1S/C21H28N4O4.2CH2O2/c1-14-7-15(9-23-21(14)27-2)11-25-5-3-18-16(12-25)13-28-19(18)8-20(26)22-10-17-4-6-29-24-17;2*2-1-3/h4,6-7,9,16,18-19H,3,5,8,10-13H2,1-2H3,(H,22,26);2*1H,(H,2,3)/t16-,18-,19+;;/m1../s1. The van der Waals surface area contributed by atoms with Crippen molar-refractivity contribution in [3.05, 3.63) is 41.4 Å². The number of carbonyl (C=O) groups is 3. The average Bonchev–Trinajstić information content (AvgIpc) is 3.49. The highest BCUT2D eigenvalue weighted by Gasteiger charge is 2.41. The Hall–Kier alpha value is -3.51. The molecule has 192 valence electrons. The number of piperidine rings is 1. The molecule has 2 saturated heterocycles. The second kappa shape index (κ2) is 14.7. The van der Waals surface area contributed by atoms with E-state index in [1.807, 2.05) is 13.1 Å². The van der Waals surface area contributed by atoms with Gasteiger partial charge in [0.2, 0.25) is 11.8 Å². The molecule has 4 heterocycles. The monoisotopic (exact) mass is 492 g/mol. The third-order valence-corrected chi connectivity index (χ3v) is 5.91. The van der Waals surface area contributed by atoms with Crippen molar-refractivity contribution in [2.45, 2.75) is 39.0 Å². The number of amides is 1. The lowest BCUT2D eigenvalue weighted by molar-refractivity contribution is -0.124. The molecule has 0 saturated carbocycles. The number of likely N-dealkylation sites (tertiary alicyclic amines) is 1. The summed E-state index contributed by atoms with van der Waals surface area (Å²) in [5.74, 6) is 1.60. The summed E-state index contributed by atoms with van der Waals surface area (Å²) in [5.41, 5.74) is 2.98. The third-order valence-electron chi connectivity index (χ3n) is 5.91. The molecule has 0 aromatic carbocycles. The predicted molar refractivity (Wildman–Crippen MR) is 122 cm³/mol. The molecule has 2 aliphatic heterocycles. The highest BCUT2D eigenvalue weighted by molar-refractivity contribution is 5.76. The van der Waals surface area contributed by atoms with Crippen LogP contribution in [-0.4, -0.2) is 77.0 Å². The van der Waals surface area contributed by atoms with Crippen LogP contribution in [0.2, 0.25) is 0 Å². The second-order valence-electron chi connectivity index (χ2n) is 8.17. The van der Waals surface area contributed by atoms with Crippen LogP contribution < -0.4 is 10.1 Å². The molecule has 2 aromatic heterocycles. The molecule has 0 spiro atoms. The summed E-state index contributed by atoms with van der Waals surface area (Å²) in [7, 11) is 1.64. The minimum Gasteiger partial charge on any atom is -0.483 e. The molecular weight excluding hydrogens is 460 g/mol. The number of carbonyl (C=O) groups excluding carboxylic acids is 1. The summed E-state index contributed by atoms with van der Waals surface area (Å²) in [6, 6.07) is 3.89. The van der Waals surface area contributed by atoms with Gasteiger partial charge in [0.15, 0.2) is 0 Å². The maximum absolute atomic E-state index is 12.3. The summed E-state index contributed by atoms with van der Waals surface area (Å²) < 4.78 is 16.0. The number of aryl methyl sites for hydroxylation is 1. The number of fused-ring (bicyclic) bond motifs is 1. The Morgan fingerprint density at radius 3 is 2.71 bits per heavy atom. The van der Waals surface area contributed by atoms with Crippen molar-refractivity contribution in [1.82, 2.24) is 20.4 Å². The molecule has 0 bridgehead atoms. The molecule has 3 atom stereocenters. The Bertz CT molecular complexity index is 918. The van der Waals surface area contributed by atoms with Gasteiger partial charge in [-0.1, -0.05) is 5.16 Å². The molecule has 0 radical (unpaired) electrons. The third kappa shape index (κ3) is 8.65. The first-order valence-corrected chi connectivity index (χ1v) is 11.1. The van der Waals surface area contributed by atoms with Gasteiger partial charge >= 0.3 is 0 Å². The normalized spacial score (nSPS) is 20.8. The van der Waals surface area contributed by atoms with Crippen molar-refractivity contribution in [3.8, 4) is 5.88 Å². The van der Waals surface area contributed by atoms with Crippen molar-refractivity contribution in [3.63, 3.8) is 0 Å². The molecule has 0 unspecified atom stereocenters. The highest BCUT2D eigenvalue weighted by atomic mass is 16.5. The number of rotatable bonds is 7. The molecule has 12 heteroatoms. The minimum absolute atomic E-state index is 0.000798. The quantitative estimate of drug-likeness (QED) is 0.478. The van der Waals surface area contributed by atoms with Gasteiger partial charge in [-0.15, -0.1) is 0 Å². The number of ether oxygens (including phenoxy) is 2. The van der Waals surface area contributed by atoms with Gasteiger partial charge in [-0.3, -0.25) is 19.3 Å². The Morgan fingerprint density at radius 2 is 2.09 bits per heavy atom. The molecule has 35 heavy (non-hydrogen) atoms. The van der Waals surface area contributed by atoms with E-state index < -0.39 is 0 Å². The summed E-state index contributed by atoms with van der Waals surface area (Å²) in [5, 5.41) is 20.5. The lowest BCUT2D eigenvalue weighted by atomic mass is 9.83. The number of hydrogen-bond donors (Lipinski definition) is 3. The Labute approximate surface area is 203 Å². The molecular formula is C23H32N4O8. The van der Waals surface area contributed by atoms with Gasteiger partial charge in [-0.25, -0.2) is 4.98 Å². The van der Waals surface area contributed by atoms with E-state index >= 15 is 0 Å². The van der Waals surface area contributed by atoms with Crippen LogP contribution in [0.3, 0.4) is 0 Å². The number of hydrogen-bond acceptors (Lipinski definition) is 9. The van der Waals surface area contributed by atoms with Crippen LogP contribution in [0.15, 0.2) is 29.1 Å². The van der Waals surface area contributed by atoms with Crippen LogP contribution in [0.25, 0.3) is 0 Å². The van der Waals surface area contributed by atoms with Gasteiger partial charge in [0.05, 0.1) is 32.8 Å². The van der Waals surface area contributed by atoms with Crippen molar-refractivity contribution < 1.29 is 38.6 Å². The maximum atomic E-state index is 12.3. The number of methoxy groups -OCH3 is 1. The van der Waals surface area contributed by atoms with Gasteiger partial charge in [-0.05, 0) is 37.4 Å². The number of nitrogens with one attached hydrogen (secondary N) is 1. The van der Waals surface area contributed by atoms with Crippen molar-refractivity contribution in [2.24, 2.45) is 11.8 Å². The molecule has 12 nitrogen and oxygen atoms in total. The molecule has 4 rings (SSSR count). The Balaban J connectivity index is 0.000000655. The predicted octanol–water partition coefficient (Wildman–Crippen LogP) is 1.33. The van der Waals surface area contributed by atoms with E-state index in [0.717, 1.165) is 43.9 Å². The molecule has 2 aliphatic rings. The van der Waals surface area contributed by atoms with Crippen LogP contribution in [-0.2, 0) is 32.2 Å². The Kier molecular flexibility index (Phi) is 11.6. The summed E-state index contributed by atoms with van der Waals surface area (Å²) >= 11 is 0. The smallest absolute Gasteiger partial charge is 0.290 e. The first-order valence-electron chi connectivity index (χ1n) is 11.1. The van der Waals surface area contributed by atoms with E-state index in [-0.39, 0.29) is 25.0 Å². The lowest BCUT2D eigenvalue weighted by Crippen LogP contribution is -2.41. The number of carboxylic acid groups (broad SMARTS) is 2. The highest BCUT2D eigenvalue weighted by Crippen LogP contribution is 2.36. The maximum Gasteiger partial charge on any atom is 0.290 e. The van der Waals surface area contributed by atoms with Crippen LogP contribution in [0.4, 0.5) is 0 Å². The second-order valence-corrected chi connectivity index (χ2v) is 8.17. The fourth-order valence-corrected chi connectivity index (χ4v) is 4.47. The van der Waals surface area contributed by atoms with Crippen molar-refractivity contribution in [1.29, 1.82) is 0 Å². The summed E-state index contributed by atoms with van der Waals surface area (Å²) in [6.07, 6.45) is 4.85. The molecule has 2 fully saturated rings. The van der Waals surface area contributed by atoms with Gasteiger partial charge in [0.1, 0.15) is 12.0 Å². The largest absolute Gasteiger partial charge is 0.483 e. The molecule has 0 aliphatic carbocycles. The van der Waals surface area contributed by atoms with Crippen LogP contribution in [0.1, 0.15) is 29.7 Å². The van der Waals surface area contributed by atoms with Gasteiger partial charge in [0.25, 0.3) is 12.9 Å². The zero-order valence-electron chi connectivity index (χ0n) is 19.8. The van der Waals surface area contributed by atoms with Crippen LogP contribution in [0, 0.1) is 18.8 Å². The molecule has 1 amide bonds. The average molecular weight is 493 g/mol. The summed E-state index contributed by atoms with van der Waals surface area (Å²) in [6.45, 7) is 5.51.